The summed E-state index contributed by atoms with van der Waals surface area (Å²) in [4.78, 5) is 4.42. The minimum atomic E-state index is -0.312. The zero-order valence-corrected chi connectivity index (χ0v) is 10.7. The zero-order valence-electron chi connectivity index (χ0n) is 10.7. The molecular weight excluding hydrogens is 202 g/mol. The van der Waals surface area contributed by atoms with E-state index in [1.165, 1.54) is 0 Å². The number of aryl methyl sites for hydroxylation is 1. The molecule has 1 N–H and O–H groups in total. The number of hydrogen-bond acceptors (Lipinski definition) is 3. The van der Waals surface area contributed by atoms with Gasteiger partial charge in [0.05, 0.1) is 13.2 Å². The van der Waals surface area contributed by atoms with Crippen molar-refractivity contribution in [1.82, 2.24) is 4.98 Å². The number of methoxy groups -OCH3 is 1. The average molecular weight is 223 g/mol. The van der Waals surface area contributed by atoms with Gasteiger partial charge in [0.15, 0.2) is 0 Å². The highest BCUT2D eigenvalue weighted by Crippen LogP contribution is 2.25. The molecular formula is C13H21NO2. The van der Waals surface area contributed by atoms with Crippen LogP contribution in [0.1, 0.15) is 30.7 Å². The summed E-state index contributed by atoms with van der Waals surface area (Å²) < 4.78 is 5.36. The Morgan fingerprint density at radius 1 is 1.38 bits per heavy atom. The van der Waals surface area contributed by atoms with E-state index in [0.717, 1.165) is 29.0 Å². The SMILES string of the molecule is COc1c(C)cnc(CC(C)C(C)O)c1C. The molecule has 3 nitrogen and oxygen atoms in total. The van der Waals surface area contributed by atoms with E-state index in [1.54, 1.807) is 7.11 Å². The molecule has 0 aliphatic carbocycles. The van der Waals surface area contributed by atoms with Crippen molar-refractivity contribution in [3.05, 3.63) is 23.0 Å². The van der Waals surface area contributed by atoms with Crippen LogP contribution in [-0.2, 0) is 6.42 Å². The van der Waals surface area contributed by atoms with Crippen LogP contribution in [0.5, 0.6) is 5.75 Å². The highest BCUT2D eigenvalue weighted by Gasteiger charge is 2.15. The fourth-order valence-electron chi connectivity index (χ4n) is 1.75. The Balaban J connectivity index is 2.98. The van der Waals surface area contributed by atoms with E-state index in [0.29, 0.717) is 0 Å². The maximum absolute atomic E-state index is 9.50. The Morgan fingerprint density at radius 2 is 2.00 bits per heavy atom. The summed E-state index contributed by atoms with van der Waals surface area (Å²) in [6.07, 6.45) is 2.30. The molecule has 2 atom stereocenters. The number of rotatable bonds is 4. The van der Waals surface area contributed by atoms with Crippen LogP contribution in [0.25, 0.3) is 0 Å². The van der Waals surface area contributed by atoms with Crippen molar-refractivity contribution in [3.8, 4) is 5.75 Å². The predicted octanol–water partition coefficient (Wildman–Crippen LogP) is 2.27. The predicted molar refractivity (Wildman–Crippen MR) is 64.8 cm³/mol. The molecule has 0 aromatic carbocycles. The van der Waals surface area contributed by atoms with Gasteiger partial charge in [0.2, 0.25) is 0 Å². The molecule has 1 rings (SSSR count). The van der Waals surface area contributed by atoms with Crippen molar-refractivity contribution in [2.75, 3.05) is 7.11 Å². The van der Waals surface area contributed by atoms with Crippen LogP contribution >= 0.6 is 0 Å². The van der Waals surface area contributed by atoms with E-state index < -0.39 is 0 Å². The second-order valence-electron chi connectivity index (χ2n) is 4.47. The van der Waals surface area contributed by atoms with Crippen molar-refractivity contribution in [1.29, 1.82) is 0 Å². The van der Waals surface area contributed by atoms with Crippen LogP contribution in [0.3, 0.4) is 0 Å². The average Bonchev–Trinajstić information content (AvgIpc) is 2.22. The quantitative estimate of drug-likeness (QED) is 0.851. The molecule has 0 saturated carbocycles. The normalized spacial score (nSPS) is 14.6. The van der Waals surface area contributed by atoms with Gasteiger partial charge in [-0.2, -0.15) is 0 Å². The van der Waals surface area contributed by atoms with E-state index in [4.69, 9.17) is 4.74 Å². The third-order valence-corrected chi connectivity index (χ3v) is 3.09. The molecule has 0 amide bonds. The Morgan fingerprint density at radius 3 is 2.50 bits per heavy atom. The molecule has 1 aromatic heterocycles. The first-order valence-electron chi connectivity index (χ1n) is 5.64. The zero-order chi connectivity index (χ0) is 12.3. The molecule has 1 aromatic rings. The standard InChI is InChI=1S/C13H21NO2/c1-8(11(4)15)6-12-10(3)13(16-5)9(2)7-14-12/h7-8,11,15H,6H2,1-5H3. The number of aliphatic hydroxyl groups excluding tert-OH is 1. The van der Waals surface area contributed by atoms with Gasteiger partial charge in [-0.05, 0) is 33.1 Å². The lowest BCUT2D eigenvalue weighted by molar-refractivity contribution is 0.134. The lowest BCUT2D eigenvalue weighted by atomic mass is 9.97. The van der Waals surface area contributed by atoms with Crippen LogP contribution in [0.15, 0.2) is 6.20 Å². The van der Waals surface area contributed by atoms with E-state index in [-0.39, 0.29) is 12.0 Å². The summed E-state index contributed by atoms with van der Waals surface area (Å²) >= 11 is 0. The highest BCUT2D eigenvalue weighted by molar-refractivity contribution is 5.41. The minimum Gasteiger partial charge on any atom is -0.496 e. The third-order valence-electron chi connectivity index (χ3n) is 3.09. The molecule has 1 heterocycles. The number of aromatic nitrogens is 1. The molecule has 3 heteroatoms. The van der Waals surface area contributed by atoms with Crippen molar-refractivity contribution in [3.63, 3.8) is 0 Å². The summed E-state index contributed by atoms with van der Waals surface area (Å²) in [5.74, 6) is 1.11. The lowest BCUT2D eigenvalue weighted by Crippen LogP contribution is -2.17. The van der Waals surface area contributed by atoms with Crippen molar-refractivity contribution < 1.29 is 9.84 Å². The van der Waals surface area contributed by atoms with E-state index >= 15 is 0 Å². The van der Waals surface area contributed by atoms with E-state index in [1.807, 2.05) is 33.9 Å². The number of hydrogen-bond donors (Lipinski definition) is 1. The highest BCUT2D eigenvalue weighted by atomic mass is 16.5. The molecule has 0 radical (unpaired) electrons. The van der Waals surface area contributed by atoms with Crippen molar-refractivity contribution in [2.45, 2.75) is 40.2 Å². The second kappa shape index (κ2) is 5.30. The van der Waals surface area contributed by atoms with Crippen LogP contribution in [0, 0.1) is 19.8 Å². The van der Waals surface area contributed by atoms with Gasteiger partial charge in [-0.1, -0.05) is 6.92 Å². The first-order chi connectivity index (χ1) is 7.47. The molecule has 0 bridgehead atoms. The fraction of sp³-hybridized carbons (Fsp3) is 0.615. The second-order valence-corrected chi connectivity index (χ2v) is 4.47. The molecule has 0 aliphatic heterocycles. The maximum Gasteiger partial charge on any atom is 0.128 e. The third kappa shape index (κ3) is 2.73. The van der Waals surface area contributed by atoms with Gasteiger partial charge in [-0.3, -0.25) is 4.98 Å². The Kier molecular flexibility index (Phi) is 4.30. The van der Waals surface area contributed by atoms with Gasteiger partial charge in [-0.25, -0.2) is 0 Å². The van der Waals surface area contributed by atoms with Gasteiger partial charge >= 0.3 is 0 Å². The smallest absolute Gasteiger partial charge is 0.128 e. The fourth-order valence-corrected chi connectivity index (χ4v) is 1.75. The molecule has 90 valence electrons. The van der Waals surface area contributed by atoms with E-state index in [9.17, 15) is 5.11 Å². The Bertz CT molecular complexity index is 361. The first-order valence-corrected chi connectivity index (χ1v) is 5.64. The molecule has 0 fully saturated rings. The largest absolute Gasteiger partial charge is 0.496 e. The Labute approximate surface area is 97.5 Å². The monoisotopic (exact) mass is 223 g/mol. The summed E-state index contributed by atoms with van der Waals surface area (Å²) in [7, 11) is 1.68. The summed E-state index contributed by atoms with van der Waals surface area (Å²) in [6, 6.07) is 0. The molecule has 16 heavy (non-hydrogen) atoms. The van der Waals surface area contributed by atoms with Gasteiger partial charge in [-0.15, -0.1) is 0 Å². The molecule has 0 aliphatic rings. The minimum absolute atomic E-state index is 0.207. The first kappa shape index (κ1) is 13.0. The Hall–Kier alpha value is -1.09. The van der Waals surface area contributed by atoms with Crippen LogP contribution in [0.2, 0.25) is 0 Å². The summed E-state index contributed by atoms with van der Waals surface area (Å²) in [5.41, 5.74) is 3.14. The molecule has 2 unspecified atom stereocenters. The number of nitrogens with zero attached hydrogens (tertiary/aromatic N) is 1. The van der Waals surface area contributed by atoms with Gasteiger partial charge in [0.1, 0.15) is 5.75 Å². The van der Waals surface area contributed by atoms with Crippen LogP contribution < -0.4 is 4.74 Å². The number of aliphatic hydroxyl groups is 1. The number of pyridine rings is 1. The van der Waals surface area contributed by atoms with Gasteiger partial charge in [0.25, 0.3) is 0 Å². The number of ether oxygens (including phenoxy) is 1. The lowest BCUT2D eigenvalue weighted by Gasteiger charge is -2.17. The van der Waals surface area contributed by atoms with Crippen molar-refractivity contribution >= 4 is 0 Å². The van der Waals surface area contributed by atoms with E-state index in [2.05, 4.69) is 4.98 Å². The van der Waals surface area contributed by atoms with Crippen LogP contribution in [0.4, 0.5) is 0 Å². The van der Waals surface area contributed by atoms with Crippen molar-refractivity contribution in [2.24, 2.45) is 5.92 Å². The van der Waals surface area contributed by atoms with Gasteiger partial charge < -0.3 is 9.84 Å². The van der Waals surface area contributed by atoms with Gasteiger partial charge in [0, 0.05) is 23.0 Å². The summed E-state index contributed by atoms with van der Waals surface area (Å²) in [5, 5.41) is 9.50. The maximum atomic E-state index is 9.50. The van der Waals surface area contributed by atoms with Crippen LogP contribution in [-0.4, -0.2) is 23.3 Å². The molecule has 0 saturated heterocycles. The summed E-state index contributed by atoms with van der Waals surface area (Å²) in [6.45, 7) is 7.84. The topological polar surface area (TPSA) is 42.4 Å². The molecule has 0 spiro atoms.